The van der Waals surface area contributed by atoms with Gasteiger partial charge in [-0.2, -0.15) is 0 Å². The summed E-state index contributed by atoms with van der Waals surface area (Å²) in [5, 5.41) is 3.11. The molecule has 2 aromatic carbocycles. The van der Waals surface area contributed by atoms with Crippen LogP contribution in [0.15, 0.2) is 36.4 Å². The van der Waals surface area contributed by atoms with E-state index in [1.807, 2.05) is 23.1 Å². The van der Waals surface area contributed by atoms with Crippen LogP contribution >= 0.6 is 0 Å². The molecule has 2 amide bonds. The molecular weight excluding hydrogens is 352 g/mol. The van der Waals surface area contributed by atoms with E-state index < -0.39 is 0 Å². The molecule has 1 heterocycles. The van der Waals surface area contributed by atoms with Gasteiger partial charge in [-0.1, -0.05) is 24.3 Å². The highest BCUT2D eigenvalue weighted by molar-refractivity contribution is 5.75. The van der Waals surface area contributed by atoms with E-state index in [1.54, 1.807) is 14.2 Å². The molecule has 2 aliphatic rings. The number of hydrogen-bond donors (Lipinski definition) is 1. The van der Waals surface area contributed by atoms with Crippen LogP contribution in [0.4, 0.5) is 4.79 Å². The maximum atomic E-state index is 12.9. The molecular formula is C23H28N2O3. The number of carbonyl (C=O) groups excluding carboxylic acids is 1. The number of benzene rings is 2. The van der Waals surface area contributed by atoms with Gasteiger partial charge in [-0.25, -0.2) is 4.79 Å². The van der Waals surface area contributed by atoms with Crippen LogP contribution < -0.4 is 14.8 Å². The molecule has 148 valence electrons. The lowest BCUT2D eigenvalue weighted by Gasteiger charge is -2.26. The van der Waals surface area contributed by atoms with Crippen LogP contribution in [0.25, 0.3) is 0 Å². The lowest BCUT2D eigenvalue weighted by atomic mass is 10.0. The molecule has 1 unspecified atom stereocenters. The average molecular weight is 380 g/mol. The third-order valence-electron chi connectivity index (χ3n) is 5.91. The monoisotopic (exact) mass is 380 g/mol. The molecule has 2 aromatic rings. The lowest BCUT2D eigenvalue weighted by Crippen LogP contribution is -2.39. The molecule has 5 heteroatoms. The lowest BCUT2D eigenvalue weighted by molar-refractivity contribution is 0.192. The molecule has 1 N–H and O–H groups in total. The van der Waals surface area contributed by atoms with E-state index >= 15 is 0 Å². The van der Waals surface area contributed by atoms with Gasteiger partial charge in [0.25, 0.3) is 0 Å². The molecule has 1 saturated heterocycles. The zero-order valence-electron chi connectivity index (χ0n) is 16.7. The van der Waals surface area contributed by atoms with E-state index in [9.17, 15) is 4.79 Å². The normalized spacial score (nSPS) is 18.1. The van der Waals surface area contributed by atoms with Crippen molar-refractivity contribution in [2.24, 2.45) is 0 Å². The number of nitrogens with one attached hydrogen (secondary N) is 1. The van der Waals surface area contributed by atoms with Crippen molar-refractivity contribution in [3.05, 3.63) is 58.7 Å². The first kappa shape index (κ1) is 18.7. The van der Waals surface area contributed by atoms with Crippen LogP contribution in [0.3, 0.4) is 0 Å². The van der Waals surface area contributed by atoms with Gasteiger partial charge in [0.05, 0.1) is 20.3 Å². The molecule has 0 bridgehead atoms. The number of amides is 2. The van der Waals surface area contributed by atoms with Crippen LogP contribution in [-0.2, 0) is 19.4 Å². The first-order valence-electron chi connectivity index (χ1n) is 10.1. The van der Waals surface area contributed by atoms with Crippen LogP contribution in [0, 0.1) is 0 Å². The molecule has 0 saturated carbocycles. The second-order valence-corrected chi connectivity index (χ2v) is 7.58. The molecule has 28 heavy (non-hydrogen) atoms. The summed E-state index contributed by atoms with van der Waals surface area (Å²) in [6.45, 7) is 1.34. The molecule has 0 spiro atoms. The fourth-order valence-corrected chi connectivity index (χ4v) is 4.43. The van der Waals surface area contributed by atoms with Crippen molar-refractivity contribution >= 4 is 6.03 Å². The van der Waals surface area contributed by atoms with Gasteiger partial charge in [-0.3, -0.25) is 0 Å². The number of urea groups is 1. The highest BCUT2D eigenvalue weighted by Gasteiger charge is 2.30. The molecule has 1 aliphatic carbocycles. The van der Waals surface area contributed by atoms with Gasteiger partial charge in [0.15, 0.2) is 11.5 Å². The Labute approximate surface area is 166 Å². The molecule has 1 aliphatic heterocycles. The van der Waals surface area contributed by atoms with E-state index in [2.05, 4.69) is 23.5 Å². The second kappa shape index (κ2) is 8.13. The predicted octanol–water partition coefficient (Wildman–Crippen LogP) is 4.24. The third kappa shape index (κ3) is 3.66. The Morgan fingerprint density at radius 1 is 1.04 bits per heavy atom. The van der Waals surface area contributed by atoms with E-state index in [4.69, 9.17) is 9.47 Å². The summed E-state index contributed by atoms with van der Waals surface area (Å²) in [5.41, 5.74) is 5.16. The number of rotatable bonds is 5. The Bertz CT molecular complexity index is 865. The Kier molecular flexibility index (Phi) is 5.42. The van der Waals surface area contributed by atoms with Crippen molar-refractivity contribution in [1.29, 1.82) is 0 Å². The molecule has 4 rings (SSSR count). The molecule has 0 aromatic heterocycles. The highest BCUT2D eigenvalue weighted by Crippen LogP contribution is 2.36. The molecule has 5 nitrogen and oxygen atoms in total. The van der Waals surface area contributed by atoms with E-state index in [1.165, 1.54) is 29.5 Å². The Balaban J connectivity index is 1.43. The third-order valence-corrected chi connectivity index (χ3v) is 5.91. The number of fused-ring (bicyclic) bond motifs is 1. The minimum absolute atomic E-state index is 0.00205. The number of carbonyl (C=O) groups is 1. The standard InChI is InChI=1S/C23H28N2O3/c1-27-21-11-10-19(14-22(21)28-2)20-7-4-12-25(20)23(26)24-15-16-8-9-17-5-3-6-18(17)13-16/h8-11,13-14,20H,3-7,12,15H2,1-2H3,(H,24,26). The van der Waals surface area contributed by atoms with Gasteiger partial charge >= 0.3 is 6.03 Å². The van der Waals surface area contributed by atoms with Crippen molar-refractivity contribution in [2.45, 2.75) is 44.7 Å². The number of nitrogens with zero attached hydrogens (tertiary/aromatic N) is 1. The Morgan fingerprint density at radius 3 is 2.68 bits per heavy atom. The Morgan fingerprint density at radius 2 is 1.86 bits per heavy atom. The minimum Gasteiger partial charge on any atom is -0.493 e. The van der Waals surface area contributed by atoms with Crippen molar-refractivity contribution < 1.29 is 14.3 Å². The number of ether oxygens (including phenoxy) is 2. The summed E-state index contributed by atoms with van der Waals surface area (Å²) in [7, 11) is 3.27. The molecule has 0 radical (unpaired) electrons. The van der Waals surface area contributed by atoms with Crippen LogP contribution in [0.2, 0.25) is 0 Å². The fraction of sp³-hybridized carbons (Fsp3) is 0.435. The SMILES string of the molecule is COc1ccc(C2CCCN2C(=O)NCc2ccc3c(c2)CCC3)cc1OC. The minimum atomic E-state index is -0.00205. The summed E-state index contributed by atoms with van der Waals surface area (Å²) in [4.78, 5) is 14.8. The van der Waals surface area contributed by atoms with Crippen molar-refractivity contribution in [2.75, 3.05) is 20.8 Å². The summed E-state index contributed by atoms with van der Waals surface area (Å²) in [6, 6.07) is 12.6. The predicted molar refractivity (Wildman–Crippen MR) is 109 cm³/mol. The first-order valence-corrected chi connectivity index (χ1v) is 10.1. The summed E-state index contributed by atoms with van der Waals surface area (Å²) in [6.07, 6.45) is 5.55. The Hall–Kier alpha value is -2.69. The number of methoxy groups -OCH3 is 2. The topological polar surface area (TPSA) is 50.8 Å². The van der Waals surface area contributed by atoms with Gasteiger partial charge < -0.3 is 19.7 Å². The van der Waals surface area contributed by atoms with Crippen LogP contribution in [-0.4, -0.2) is 31.7 Å². The maximum Gasteiger partial charge on any atom is 0.318 e. The first-order chi connectivity index (χ1) is 13.7. The molecule has 1 fully saturated rings. The highest BCUT2D eigenvalue weighted by atomic mass is 16.5. The summed E-state index contributed by atoms with van der Waals surface area (Å²) < 4.78 is 10.8. The molecule has 1 atom stereocenters. The van der Waals surface area contributed by atoms with Gasteiger partial charge in [-0.05, 0) is 66.5 Å². The van der Waals surface area contributed by atoms with Gasteiger partial charge in [0, 0.05) is 13.1 Å². The van der Waals surface area contributed by atoms with Crippen molar-refractivity contribution in [3.8, 4) is 11.5 Å². The maximum absolute atomic E-state index is 12.9. The largest absolute Gasteiger partial charge is 0.493 e. The van der Waals surface area contributed by atoms with Gasteiger partial charge in [0.1, 0.15) is 0 Å². The van der Waals surface area contributed by atoms with Gasteiger partial charge in [0.2, 0.25) is 0 Å². The number of hydrogen-bond acceptors (Lipinski definition) is 3. The average Bonchev–Trinajstić information content (AvgIpc) is 3.40. The van der Waals surface area contributed by atoms with E-state index in [0.29, 0.717) is 18.0 Å². The summed E-state index contributed by atoms with van der Waals surface area (Å²) in [5.74, 6) is 1.40. The van der Waals surface area contributed by atoms with Crippen molar-refractivity contribution in [1.82, 2.24) is 10.2 Å². The van der Waals surface area contributed by atoms with E-state index in [0.717, 1.165) is 31.4 Å². The van der Waals surface area contributed by atoms with Gasteiger partial charge in [-0.15, -0.1) is 0 Å². The zero-order chi connectivity index (χ0) is 19.5. The van der Waals surface area contributed by atoms with Crippen molar-refractivity contribution in [3.63, 3.8) is 0 Å². The van der Waals surface area contributed by atoms with E-state index in [-0.39, 0.29) is 12.1 Å². The zero-order valence-corrected chi connectivity index (χ0v) is 16.7. The number of likely N-dealkylation sites (tertiary alicyclic amines) is 1. The summed E-state index contributed by atoms with van der Waals surface area (Å²) >= 11 is 0. The number of aryl methyl sites for hydroxylation is 2. The smallest absolute Gasteiger partial charge is 0.318 e. The quantitative estimate of drug-likeness (QED) is 0.844. The van der Waals surface area contributed by atoms with Crippen LogP contribution in [0.1, 0.15) is 47.6 Å². The fourth-order valence-electron chi connectivity index (χ4n) is 4.43. The van der Waals surface area contributed by atoms with Crippen LogP contribution in [0.5, 0.6) is 11.5 Å². The second-order valence-electron chi connectivity index (χ2n) is 7.58.